The van der Waals surface area contributed by atoms with Gasteiger partial charge in [0, 0.05) is 16.1 Å². The van der Waals surface area contributed by atoms with Crippen molar-refractivity contribution in [3.05, 3.63) is 95.5 Å². The van der Waals surface area contributed by atoms with Gasteiger partial charge >= 0.3 is 0 Å². The highest BCUT2D eigenvalue weighted by Crippen LogP contribution is 2.33. The lowest BCUT2D eigenvalue weighted by atomic mass is 10.1. The Labute approximate surface area is 175 Å². The highest BCUT2D eigenvalue weighted by molar-refractivity contribution is 9.10. The zero-order valence-corrected chi connectivity index (χ0v) is 16.9. The van der Waals surface area contributed by atoms with E-state index in [1.165, 1.54) is 0 Å². The van der Waals surface area contributed by atoms with Crippen molar-refractivity contribution in [1.82, 2.24) is 14.6 Å². The van der Waals surface area contributed by atoms with Gasteiger partial charge in [-0.25, -0.2) is 9.50 Å². The molecule has 0 atom stereocenters. The minimum absolute atomic E-state index is 0.663. The second kappa shape index (κ2) is 7.48. The van der Waals surface area contributed by atoms with Gasteiger partial charge in [-0.1, -0.05) is 76.6 Å². The largest absolute Gasteiger partial charge is 0.290 e. The number of aromatic amines is 1. The average Bonchev–Trinajstić information content (AvgIpc) is 3.33. The molecule has 0 radical (unpaired) electrons. The Balaban J connectivity index is 1.65. The number of rotatable bonds is 4. The molecule has 0 saturated heterocycles. The molecule has 0 fully saturated rings. The zero-order chi connectivity index (χ0) is 19.6. The molecule has 5 aromatic rings. The average molecular weight is 442 g/mol. The van der Waals surface area contributed by atoms with Gasteiger partial charge in [0.25, 0.3) is 0 Å². The van der Waals surface area contributed by atoms with Crippen molar-refractivity contribution in [2.75, 3.05) is 0 Å². The molecule has 0 unspecified atom stereocenters. The van der Waals surface area contributed by atoms with Gasteiger partial charge in [0.15, 0.2) is 5.65 Å². The molecule has 3 aromatic carbocycles. The van der Waals surface area contributed by atoms with Crippen molar-refractivity contribution < 1.29 is 0 Å². The summed E-state index contributed by atoms with van der Waals surface area (Å²) in [7, 11) is 0. The number of hydrogen-bond donors (Lipinski definition) is 1. The first-order valence-electron chi connectivity index (χ1n) is 9.17. The highest BCUT2D eigenvalue weighted by atomic mass is 79.9. The van der Waals surface area contributed by atoms with Crippen LogP contribution in [-0.4, -0.2) is 14.6 Å². The third kappa shape index (κ3) is 3.50. The normalized spacial score (nSPS) is 11.5. The minimum atomic E-state index is 0.663. The highest BCUT2D eigenvalue weighted by Gasteiger charge is 2.16. The van der Waals surface area contributed by atoms with Crippen LogP contribution in [0.25, 0.3) is 28.2 Å². The van der Waals surface area contributed by atoms with Crippen LogP contribution < -0.4 is 0 Å². The predicted octanol–water partition coefficient (Wildman–Crippen LogP) is 7.17. The van der Waals surface area contributed by atoms with E-state index in [0.29, 0.717) is 5.82 Å². The molecular weight excluding hydrogens is 426 g/mol. The van der Waals surface area contributed by atoms with Crippen LogP contribution in [0.4, 0.5) is 11.5 Å². The Bertz CT molecular complexity index is 1290. The lowest BCUT2D eigenvalue weighted by Crippen LogP contribution is -1.85. The van der Waals surface area contributed by atoms with Gasteiger partial charge in [-0.15, -0.1) is 10.2 Å². The third-order valence-corrected chi connectivity index (χ3v) is 5.13. The molecule has 29 heavy (non-hydrogen) atoms. The number of aromatic nitrogens is 3. The number of fused-ring (bicyclic) bond motifs is 1. The molecule has 2 heterocycles. The Morgan fingerprint density at radius 3 is 2.10 bits per heavy atom. The summed E-state index contributed by atoms with van der Waals surface area (Å²) in [4.78, 5) is 4.83. The molecule has 0 aliphatic rings. The summed E-state index contributed by atoms with van der Waals surface area (Å²) in [6.07, 6.45) is 0. The van der Waals surface area contributed by atoms with Gasteiger partial charge in [0.05, 0.1) is 11.4 Å². The summed E-state index contributed by atoms with van der Waals surface area (Å²) in [6.45, 7) is 0. The summed E-state index contributed by atoms with van der Waals surface area (Å²) in [5, 5.41) is 12.4. The van der Waals surface area contributed by atoms with Gasteiger partial charge in [0.2, 0.25) is 5.82 Å². The number of hydrogen-bond acceptors (Lipinski definition) is 3. The summed E-state index contributed by atoms with van der Waals surface area (Å²) in [5.74, 6) is 0.663. The second-order valence-electron chi connectivity index (χ2n) is 6.56. The van der Waals surface area contributed by atoms with Crippen molar-refractivity contribution in [2.45, 2.75) is 0 Å². The molecule has 0 aliphatic carbocycles. The Morgan fingerprint density at radius 1 is 0.759 bits per heavy atom. The fourth-order valence-electron chi connectivity index (χ4n) is 3.18. The first kappa shape index (κ1) is 17.6. The Hall–Kier alpha value is -3.51. The minimum Gasteiger partial charge on any atom is -0.290 e. The lowest BCUT2D eigenvalue weighted by Gasteiger charge is -2.00. The predicted molar refractivity (Wildman–Crippen MR) is 119 cm³/mol. The van der Waals surface area contributed by atoms with E-state index >= 15 is 0 Å². The quantitative estimate of drug-likeness (QED) is 0.295. The van der Waals surface area contributed by atoms with E-state index in [2.05, 4.69) is 43.4 Å². The topological polar surface area (TPSA) is 57.8 Å². The maximum absolute atomic E-state index is 4.83. The molecule has 140 valence electrons. The van der Waals surface area contributed by atoms with Gasteiger partial charge in [0.1, 0.15) is 5.69 Å². The lowest BCUT2D eigenvalue weighted by molar-refractivity contribution is 0.957. The van der Waals surface area contributed by atoms with Crippen molar-refractivity contribution >= 4 is 33.1 Å². The van der Waals surface area contributed by atoms with Gasteiger partial charge < -0.3 is 0 Å². The van der Waals surface area contributed by atoms with Crippen molar-refractivity contribution in [2.24, 2.45) is 10.2 Å². The number of H-pyrrole nitrogens is 1. The fraction of sp³-hybridized carbons (Fsp3) is 0. The van der Waals surface area contributed by atoms with E-state index in [-0.39, 0.29) is 0 Å². The fourth-order valence-corrected chi connectivity index (χ4v) is 3.44. The molecule has 0 bridgehead atoms. The van der Waals surface area contributed by atoms with Crippen molar-refractivity contribution in [3.8, 4) is 22.5 Å². The van der Waals surface area contributed by atoms with Gasteiger partial charge in [-0.3, -0.25) is 5.10 Å². The maximum Gasteiger partial charge on any atom is 0.202 e. The molecule has 5 rings (SSSR count). The molecule has 0 amide bonds. The van der Waals surface area contributed by atoms with Gasteiger partial charge in [-0.2, -0.15) is 0 Å². The maximum atomic E-state index is 4.83. The van der Waals surface area contributed by atoms with Gasteiger partial charge in [-0.05, 0) is 29.8 Å². The number of nitrogens with zero attached hydrogens (tertiary/aromatic N) is 4. The van der Waals surface area contributed by atoms with E-state index in [4.69, 9.17) is 4.98 Å². The van der Waals surface area contributed by atoms with E-state index in [9.17, 15) is 0 Å². The van der Waals surface area contributed by atoms with Crippen molar-refractivity contribution in [3.63, 3.8) is 0 Å². The first-order valence-corrected chi connectivity index (χ1v) is 9.97. The molecule has 0 saturated carbocycles. The molecule has 0 aliphatic heterocycles. The van der Waals surface area contributed by atoms with Crippen LogP contribution in [0.15, 0.2) is 106 Å². The van der Waals surface area contributed by atoms with Crippen LogP contribution in [-0.2, 0) is 0 Å². The first-order chi connectivity index (χ1) is 14.3. The van der Waals surface area contributed by atoms with Crippen LogP contribution >= 0.6 is 15.9 Å². The standard InChI is InChI=1S/C23H16BrN5/c24-18-11-13-19(14-12-18)26-27-23-22(17-9-5-2-6-10-17)25-21-15-20(28-29(21)23)16-7-3-1-4-8-16/h1-15,28H. The summed E-state index contributed by atoms with van der Waals surface area (Å²) in [5.41, 5.74) is 5.43. The number of azo groups is 1. The monoisotopic (exact) mass is 441 g/mol. The van der Waals surface area contributed by atoms with E-state index in [1.807, 2.05) is 83.4 Å². The summed E-state index contributed by atoms with van der Waals surface area (Å²) < 4.78 is 2.89. The molecular formula is C23H16BrN5. The van der Waals surface area contributed by atoms with E-state index < -0.39 is 0 Å². The van der Waals surface area contributed by atoms with Crippen LogP contribution in [0.3, 0.4) is 0 Å². The molecule has 1 N–H and O–H groups in total. The van der Waals surface area contributed by atoms with Crippen LogP contribution in [0.2, 0.25) is 0 Å². The number of nitrogens with one attached hydrogen (secondary N) is 1. The summed E-state index contributed by atoms with van der Waals surface area (Å²) >= 11 is 3.44. The Morgan fingerprint density at radius 2 is 1.41 bits per heavy atom. The number of benzene rings is 3. The molecule has 0 spiro atoms. The molecule has 2 aromatic heterocycles. The molecule has 6 heteroatoms. The SMILES string of the molecule is Brc1ccc(N=Nc2c(-c3ccccc3)nc3cc(-c4ccccc4)[nH]n23)cc1. The Kier molecular flexibility index (Phi) is 4.54. The molecule has 5 nitrogen and oxygen atoms in total. The van der Waals surface area contributed by atoms with E-state index in [0.717, 1.165) is 38.3 Å². The van der Waals surface area contributed by atoms with Crippen LogP contribution in [0.5, 0.6) is 0 Å². The zero-order valence-electron chi connectivity index (χ0n) is 15.3. The van der Waals surface area contributed by atoms with Crippen molar-refractivity contribution in [1.29, 1.82) is 0 Å². The third-order valence-electron chi connectivity index (χ3n) is 4.60. The second-order valence-corrected chi connectivity index (χ2v) is 7.47. The number of halogens is 1. The van der Waals surface area contributed by atoms with Crippen LogP contribution in [0, 0.1) is 0 Å². The summed E-state index contributed by atoms with van der Waals surface area (Å²) in [6, 6.07) is 29.9. The number of imidazole rings is 1. The van der Waals surface area contributed by atoms with Crippen LogP contribution in [0.1, 0.15) is 0 Å². The smallest absolute Gasteiger partial charge is 0.202 e. The van der Waals surface area contributed by atoms with E-state index in [1.54, 1.807) is 0 Å².